The third-order valence-corrected chi connectivity index (χ3v) is 3.75. The number of rotatable bonds is 5. The molecule has 2 N–H and O–H groups in total. The van der Waals surface area contributed by atoms with E-state index in [1.165, 1.54) is 12.4 Å². The standard InChI is InChI=1S/C20H17N5O2/c1-13-6-7-18(27-2)16(8-13)25-19-12-22-17(11-23-19)20(26)24-15-5-3-4-14(9-15)10-21/h3-9,11-12H,1-2H3,(H,23,25)(H,24,26). The fraction of sp³-hybridized carbons (Fsp3) is 0.100. The van der Waals surface area contributed by atoms with E-state index in [0.717, 1.165) is 11.3 Å². The van der Waals surface area contributed by atoms with Gasteiger partial charge in [-0.25, -0.2) is 9.97 Å². The highest BCUT2D eigenvalue weighted by molar-refractivity contribution is 6.02. The number of anilines is 3. The van der Waals surface area contributed by atoms with Gasteiger partial charge in [0.2, 0.25) is 0 Å². The second-order valence-corrected chi connectivity index (χ2v) is 5.76. The van der Waals surface area contributed by atoms with E-state index in [0.29, 0.717) is 22.8 Å². The Kier molecular flexibility index (Phi) is 5.28. The van der Waals surface area contributed by atoms with E-state index >= 15 is 0 Å². The quantitative estimate of drug-likeness (QED) is 0.721. The smallest absolute Gasteiger partial charge is 0.275 e. The third kappa shape index (κ3) is 4.38. The van der Waals surface area contributed by atoms with Crippen LogP contribution in [0.2, 0.25) is 0 Å². The zero-order chi connectivity index (χ0) is 19.2. The Balaban J connectivity index is 1.72. The van der Waals surface area contributed by atoms with Crippen molar-refractivity contribution in [1.82, 2.24) is 9.97 Å². The van der Waals surface area contributed by atoms with Crippen LogP contribution < -0.4 is 15.4 Å². The lowest BCUT2D eigenvalue weighted by atomic mass is 10.2. The molecule has 0 aliphatic heterocycles. The molecule has 7 nitrogen and oxygen atoms in total. The van der Waals surface area contributed by atoms with Crippen LogP contribution in [-0.2, 0) is 0 Å². The molecule has 0 saturated carbocycles. The van der Waals surface area contributed by atoms with E-state index < -0.39 is 5.91 Å². The molecule has 0 saturated heterocycles. The summed E-state index contributed by atoms with van der Waals surface area (Å²) in [5.41, 5.74) is 2.98. The molecule has 7 heteroatoms. The highest BCUT2D eigenvalue weighted by Gasteiger charge is 2.10. The van der Waals surface area contributed by atoms with Crippen LogP contribution in [0.25, 0.3) is 0 Å². The minimum atomic E-state index is -0.405. The number of nitrogens with zero attached hydrogens (tertiary/aromatic N) is 3. The van der Waals surface area contributed by atoms with Crippen LogP contribution >= 0.6 is 0 Å². The van der Waals surface area contributed by atoms with E-state index in [1.807, 2.05) is 31.2 Å². The molecule has 1 aromatic heterocycles. The first-order chi connectivity index (χ1) is 13.1. The van der Waals surface area contributed by atoms with Crippen molar-refractivity contribution >= 4 is 23.1 Å². The number of methoxy groups -OCH3 is 1. The van der Waals surface area contributed by atoms with Gasteiger partial charge < -0.3 is 15.4 Å². The highest BCUT2D eigenvalue weighted by atomic mass is 16.5. The number of nitriles is 1. The van der Waals surface area contributed by atoms with E-state index in [4.69, 9.17) is 10.00 Å². The molecule has 134 valence electrons. The van der Waals surface area contributed by atoms with Gasteiger partial charge >= 0.3 is 0 Å². The molecular formula is C20H17N5O2. The molecule has 0 aliphatic rings. The maximum atomic E-state index is 12.3. The molecule has 0 fully saturated rings. The van der Waals surface area contributed by atoms with Crippen molar-refractivity contribution < 1.29 is 9.53 Å². The summed E-state index contributed by atoms with van der Waals surface area (Å²) in [6, 6.07) is 14.4. The number of hydrogen-bond donors (Lipinski definition) is 2. The van der Waals surface area contributed by atoms with Crippen LogP contribution in [0.1, 0.15) is 21.6 Å². The lowest BCUT2D eigenvalue weighted by Gasteiger charge is -2.11. The predicted octanol–water partition coefficient (Wildman–Crippen LogP) is 3.66. The minimum absolute atomic E-state index is 0.166. The molecule has 0 unspecified atom stereocenters. The fourth-order valence-electron chi connectivity index (χ4n) is 2.43. The summed E-state index contributed by atoms with van der Waals surface area (Å²) in [4.78, 5) is 20.7. The summed E-state index contributed by atoms with van der Waals surface area (Å²) in [5, 5.41) is 14.7. The van der Waals surface area contributed by atoms with Gasteiger partial charge in [0.25, 0.3) is 5.91 Å². The summed E-state index contributed by atoms with van der Waals surface area (Å²) in [6.45, 7) is 1.98. The van der Waals surface area contributed by atoms with Gasteiger partial charge in [-0.05, 0) is 42.8 Å². The lowest BCUT2D eigenvalue weighted by Crippen LogP contribution is -2.14. The van der Waals surface area contributed by atoms with Gasteiger partial charge in [0.15, 0.2) is 0 Å². The summed E-state index contributed by atoms with van der Waals surface area (Å²) < 4.78 is 5.32. The van der Waals surface area contributed by atoms with Crippen LogP contribution in [0.15, 0.2) is 54.9 Å². The average Bonchev–Trinajstić information content (AvgIpc) is 2.69. The van der Waals surface area contributed by atoms with Crippen LogP contribution in [0.4, 0.5) is 17.2 Å². The van der Waals surface area contributed by atoms with Crippen molar-refractivity contribution in [2.75, 3.05) is 17.7 Å². The van der Waals surface area contributed by atoms with Gasteiger partial charge in [-0.2, -0.15) is 5.26 Å². The van der Waals surface area contributed by atoms with Crippen LogP contribution in [-0.4, -0.2) is 23.0 Å². The van der Waals surface area contributed by atoms with Crippen LogP contribution in [0.3, 0.4) is 0 Å². The number of hydrogen-bond acceptors (Lipinski definition) is 6. The Bertz CT molecular complexity index is 1010. The number of carbonyl (C=O) groups excluding carboxylic acids is 1. The van der Waals surface area contributed by atoms with E-state index in [2.05, 4.69) is 20.6 Å². The van der Waals surface area contributed by atoms with Crippen molar-refractivity contribution in [1.29, 1.82) is 5.26 Å². The molecule has 0 aliphatic carbocycles. The van der Waals surface area contributed by atoms with Gasteiger partial charge in [-0.15, -0.1) is 0 Å². The third-order valence-electron chi connectivity index (χ3n) is 3.75. The molecular weight excluding hydrogens is 342 g/mol. The van der Waals surface area contributed by atoms with Gasteiger partial charge in [-0.3, -0.25) is 4.79 Å². The summed E-state index contributed by atoms with van der Waals surface area (Å²) in [7, 11) is 1.59. The van der Waals surface area contributed by atoms with Gasteiger partial charge in [0, 0.05) is 5.69 Å². The fourth-order valence-corrected chi connectivity index (χ4v) is 2.43. The van der Waals surface area contributed by atoms with Crippen LogP contribution in [0, 0.1) is 18.3 Å². The van der Waals surface area contributed by atoms with Gasteiger partial charge in [-0.1, -0.05) is 12.1 Å². The van der Waals surface area contributed by atoms with Crippen molar-refractivity contribution in [3.63, 3.8) is 0 Å². The number of ether oxygens (including phenoxy) is 1. The van der Waals surface area contributed by atoms with Crippen molar-refractivity contribution in [3.8, 4) is 11.8 Å². The number of amides is 1. The molecule has 0 bridgehead atoms. The Hall–Kier alpha value is -3.92. The number of aromatic nitrogens is 2. The summed E-state index contributed by atoms with van der Waals surface area (Å²) >= 11 is 0. The second kappa shape index (κ2) is 7.97. The molecule has 0 atom stereocenters. The van der Waals surface area contributed by atoms with Gasteiger partial charge in [0.05, 0.1) is 36.8 Å². The van der Waals surface area contributed by atoms with E-state index in [-0.39, 0.29) is 5.69 Å². The monoisotopic (exact) mass is 359 g/mol. The number of aryl methyl sites for hydroxylation is 1. The second-order valence-electron chi connectivity index (χ2n) is 5.76. The lowest BCUT2D eigenvalue weighted by molar-refractivity contribution is 0.102. The molecule has 0 spiro atoms. The van der Waals surface area contributed by atoms with Crippen molar-refractivity contribution in [3.05, 3.63) is 71.7 Å². The zero-order valence-corrected chi connectivity index (χ0v) is 14.9. The Labute approximate surface area is 156 Å². The first-order valence-electron chi connectivity index (χ1n) is 8.14. The first-order valence-corrected chi connectivity index (χ1v) is 8.14. The average molecular weight is 359 g/mol. The molecule has 3 rings (SSSR count). The largest absolute Gasteiger partial charge is 0.495 e. The van der Waals surface area contributed by atoms with Crippen molar-refractivity contribution in [2.45, 2.75) is 6.92 Å². The Morgan fingerprint density at radius 3 is 2.70 bits per heavy atom. The van der Waals surface area contributed by atoms with E-state index in [9.17, 15) is 4.79 Å². The maximum absolute atomic E-state index is 12.3. The Morgan fingerprint density at radius 2 is 2.00 bits per heavy atom. The molecule has 1 heterocycles. The number of benzene rings is 2. The van der Waals surface area contributed by atoms with E-state index in [1.54, 1.807) is 31.4 Å². The Morgan fingerprint density at radius 1 is 1.15 bits per heavy atom. The number of carbonyl (C=O) groups is 1. The SMILES string of the molecule is COc1ccc(C)cc1Nc1cnc(C(=O)Nc2cccc(C#N)c2)cn1. The molecule has 3 aromatic rings. The maximum Gasteiger partial charge on any atom is 0.275 e. The first kappa shape index (κ1) is 17.9. The van der Waals surface area contributed by atoms with Crippen molar-refractivity contribution in [2.24, 2.45) is 0 Å². The normalized spacial score (nSPS) is 9.96. The minimum Gasteiger partial charge on any atom is -0.495 e. The highest BCUT2D eigenvalue weighted by Crippen LogP contribution is 2.27. The number of nitrogens with one attached hydrogen (secondary N) is 2. The molecule has 1 amide bonds. The van der Waals surface area contributed by atoms with Crippen LogP contribution in [0.5, 0.6) is 5.75 Å². The zero-order valence-electron chi connectivity index (χ0n) is 14.9. The van der Waals surface area contributed by atoms with Gasteiger partial charge in [0.1, 0.15) is 17.3 Å². The summed E-state index contributed by atoms with van der Waals surface area (Å²) in [5.74, 6) is 0.765. The molecule has 27 heavy (non-hydrogen) atoms. The molecule has 0 radical (unpaired) electrons. The topological polar surface area (TPSA) is 99.9 Å². The predicted molar refractivity (Wildman–Crippen MR) is 102 cm³/mol. The summed E-state index contributed by atoms with van der Waals surface area (Å²) in [6.07, 6.45) is 2.86. The molecule has 2 aromatic carbocycles.